The van der Waals surface area contributed by atoms with Gasteiger partial charge >= 0.3 is 6.03 Å². The van der Waals surface area contributed by atoms with Gasteiger partial charge < -0.3 is 21.1 Å². The van der Waals surface area contributed by atoms with E-state index in [9.17, 15) is 9.90 Å². The minimum absolute atomic E-state index is 0.102. The second-order valence-electron chi connectivity index (χ2n) is 7.99. The summed E-state index contributed by atoms with van der Waals surface area (Å²) in [5, 5.41) is 19.3. The second-order valence-corrected chi connectivity index (χ2v) is 7.99. The number of aliphatic hydroxyl groups excluding tert-OH is 1. The van der Waals surface area contributed by atoms with Crippen LogP contribution in [0.15, 0.2) is 30.3 Å². The lowest BCUT2D eigenvalue weighted by atomic mass is 9.93. The highest BCUT2D eigenvalue weighted by atomic mass is 16.3. The fourth-order valence-electron chi connectivity index (χ4n) is 3.64. The Balaban J connectivity index is 1.80. The molecule has 2 amide bonds. The van der Waals surface area contributed by atoms with E-state index in [1.165, 1.54) is 5.56 Å². The lowest BCUT2D eigenvalue weighted by Crippen LogP contribution is -2.49. The smallest absolute Gasteiger partial charge is 0.315 e. The maximum atomic E-state index is 12.2. The van der Waals surface area contributed by atoms with Crippen molar-refractivity contribution in [2.75, 3.05) is 6.54 Å². The van der Waals surface area contributed by atoms with Crippen molar-refractivity contribution in [1.29, 1.82) is 0 Å². The van der Waals surface area contributed by atoms with E-state index in [1.54, 1.807) is 0 Å². The van der Waals surface area contributed by atoms with E-state index in [0.717, 1.165) is 32.1 Å². The molecule has 0 unspecified atom stereocenters. The molecule has 0 saturated heterocycles. The maximum absolute atomic E-state index is 12.2. The third-order valence-electron chi connectivity index (χ3n) is 5.08. The molecule has 26 heavy (non-hydrogen) atoms. The number of hydrogen-bond donors (Lipinski definition) is 4. The monoisotopic (exact) mass is 361 g/mol. The van der Waals surface area contributed by atoms with Gasteiger partial charge in [-0.1, -0.05) is 44.2 Å². The number of urea groups is 1. The molecule has 4 N–H and O–H groups in total. The summed E-state index contributed by atoms with van der Waals surface area (Å²) in [5.41, 5.74) is 1.26. The van der Waals surface area contributed by atoms with Crippen molar-refractivity contribution in [2.24, 2.45) is 5.92 Å². The Bertz CT molecular complexity index is 527. The quantitative estimate of drug-likeness (QED) is 0.574. The van der Waals surface area contributed by atoms with E-state index >= 15 is 0 Å². The number of carbonyl (C=O) groups is 1. The van der Waals surface area contributed by atoms with Gasteiger partial charge in [0.2, 0.25) is 0 Å². The van der Waals surface area contributed by atoms with Gasteiger partial charge in [-0.15, -0.1) is 0 Å². The van der Waals surface area contributed by atoms with Gasteiger partial charge in [0.1, 0.15) is 0 Å². The number of nitrogens with one attached hydrogen (secondary N) is 3. The van der Waals surface area contributed by atoms with Gasteiger partial charge in [0.05, 0.1) is 6.10 Å². The van der Waals surface area contributed by atoms with Gasteiger partial charge in [0.25, 0.3) is 0 Å². The van der Waals surface area contributed by atoms with Crippen molar-refractivity contribution < 1.29 is 9.90 Å². The number of carbonyl (C=O) groups excluding carboxylic acids is 1. The van der Waals surface area contributed by atoms with Crippen molar-refractivity contribution in [3.63, 3.8) is 0 Å². The van der Waals surface area contributed by atoms with E-state index in [0.29, 0.717) is 12.5 Å². The molecule has 2 rings (SSSR count). The zero-order chi connectivity index (χ0) is 18.9. The van der Waals surface area contributed by atoms with Crippen LogP contribution in [0.1, 0.15) is 64.5 Å². The fourth-order valence-corrected chi connectivity index (χ4v) is 3.64. The van der Waals surface area contributed by atoms with Crippen LogP contribution in [0.25, 0.3) is 0 Å². The Labute approximate surface area is 158 Å². The normalized spacial score (nSPS) is 22.7. The number of aliphatic hydroxyl groups is 1. The van der Waals surface area contributed by atoms with Crippen LogP contribution < -0.4 is 16.0 Å². The van der Waals surface area contributed by atoms with Crippen molar-refractivity contribution in [3.8, 4) is 0 Å². The molecule has 0 bridgehead atoms. The molecule has 1 fully saturated rings. The first-order valence-corrected chi connectivity index (χ1v) is 9.97. The summed E-state index contributed by atoms with van der Waals surface area (Å²) in [5.74, 6) is 0.556. The van der Waals surface area contributed by atoms with Crippen molar-refractivity contribution >= 4 is 6.03 Å². The predicted molar refractivity (Wildman–Crippen MR) is 106 cm³/mol. The molecule has 5 nitrogen and oxygen atoms in total. The van der Waals surface area contributed by atoms with Crippen LogP contribution in [0.4, 0.5) is 4.79 Å². The molecule has 0 spiro atoms. The van der Waals surface area contributed by atoms with E-state index < -0.39 is 0 Å². The van der Waals surface area contributed by atoms with Gasteiger partial charge in [-0.3, -0.25) is 0 Å². The van der Waals surface area contributed by atoms with E-state index in [-0.39, 0.29) is 30.3 Å². The molecule has 0 heterocycles. The summed E-state index contributed by atoms with van der Waals surface area (Å²) in [6.45, 7) is 7.18. The molecule has 0 aliphatic heterocycles. The summed E-state index contributed by atoms with van der Waals surface area (Å²) in [7, 11) is 0. The topological polar surface area (TPSA) is 73.4 Å². The van der Waals surface area contributed by atoms with E-state index in [2.05, 4.69) is 61.0 Å². The number of hydrogen-bond acceptors (Lipinski definition) is 3. The molecule has 2 atom stereocenters. The molecule has 146 valence electrons. The summed E-state index contributed by atoms with van der Waals surface area (Å²) in [6.07, 6.45) is 4.07. The average molecular weight is 362 g/mol. The summed E-state index contributed by atoms with van der Waals surface area (Å²) >= 11 is 0. The van der Waals surface area contributed by atoms with Crippen LogP contribution >= 0.6 is 0 Å². The molecule has 5 heteroatoms. The second kappa shape index (κ2) is 10.5. The molecular weight excluding hydrogens is 326 g/mol. The molecular formula is C21H35N3O2. The number of rotatable bonds is 8. The van der Waals surface area contributed by atoms with Gasteiger partial charge in [0.15, 0.2) is 0 Å². The highest BCUT2D eigenvalue weighted by Crippen LogP contribution is 2.18. The predicted octanol–water partition coefficient (Wildman–Crippen LogP) is 3.35. The van der Waals surface area contributed by atoms with Crippen LogP contribution in [0.3, 0.4) is 0 Å². The number of amides is 2. The SMILES string of the molecule is CC(C)C[C@H](CNC(=O)NC1CCC(O)CC1)N[C@H](C)c1ccccc1. The van der Waals surface area contributed by atoms with E-state index in [4.69, 9.17) is 0 Å². The molecule has 1 saturated carbocycles. The largest absolute Gasteiger partial charge is 0.393 e. The first-order valence-electron chi connectivity index (χ1n) is 9.97. The van der Waals surface area contributed by atoms with Crippen molar-refractivity contribution in [2.45, 2.75) is 77.1 Å². The van der Waals surface area contributed by atoms with Crippen LogP contribution in [0.2, 0.25) is 0 Å². The third-order valence-corrected chi connectivity index (χ3v) is 5.08. The van der Waals surface area contributed by atoms with E-state index in [1.807, 2.05) is 6.07 Å². The highest BCUT2D eigenvalue weighted by Gasteiger charge is 2.21. The first-order chi connectivity index (χ1) is 12.4. The Morgan fingerprint density at radius 1 is 1.12 bits per heavy atom. The third kappa shape index (κ3) is 7.34. The molecule has 1 aliphatic carbocycles. The minimum Gasteiger partial charge on any atom is -0.393 e. The maximum Gasteiger partial charge on any atom is 0.315 e. The fraction of sp³-hybridized carbons (Fsp3) is 0.667. The Morgan fingerprint density at radius 3 is 2.38 bits per heavy atom. The zero-order valence-corrected chi connectivity index (χ0v) is 16.4. The van der Waals surface area contributed by atoms with Gasteiger partial charge in [-0.05, 0) is 50.5 Å². The van der Waals surface area contributed by atoms with Gasteiger partial charge in [-0.2, -0.15) is 0 Å². The Kier molecular flexibility index (Phi) is 8.39. The van der Waals surface area contributed by atoms with Gasteiger partial charge in [-0.25, -0.2) is 4.79 Å². The Morgan fingerprint density at radius 2 is 1.77 bits per heavy atom. The average Bonchev–Trinajstić information content (AvgIpc) is 2.62. The van der Waals surface area contributed by atoms with Crippen molar-refractivity contribution in [3.05, 3.63) is 35.9 Å². The lowest BCUT2D eigenvalue weighted by molar-refractivity contribution is 0.117. The Hall–Kier alpha value is -1.59. The first kappa shape index (κ1) is 20.7. The molecule has 1 aliphatic rings. The van der Waals surface area contributed by atoms with Crippen LogP contribution in [0.5, 0.6) is 0 Å². The summed E-state index contributed by atoms with van der Waals surface area (Å²) in [6, 6.07) is 10.9. The standard InChI is InChI=1S/C21H35N3O2/c1-15(2)13-19(23-16(3)17-7-5-4-6-8-17)14-22-21(26)24-18-9-11-20(25)12-10-18/h4-8,15-16,18-20,23,25H,9-14H2,1-3H3,(H2,22,24,26)/t16-,18?,19-,20?/m1/s1. The lowest BCUT2D eigenvalue weighted by Gasteiger charge is -2.28. The molecule has 1 aromatic carbocycles. The minimum atomic E-state index is -0.199. The van der Waals surface area contributed by atoms with Crippen molar-refractivity contribution in [1.82, 2.24) is 16.0 Å². The summed E-state index contributed by atoms with van der Waals surface area (Å²) < 4.78 is 0. The zero-order valence-electron chi connectivity index (χ0n) is 16.4. The van der Waals surface area contributed by atoms with Crippen LogP contribution in [-0.4, -0.2) is 35.9 Å². The van der Waals surface area contributed by atoms with Crippen LogP contribution in [0, 0.1) is 5.92 Å². The summed E-state index contributed by atoms with van der Waals surface area (Å²) in [4.78, 5) is 12.2. The van der Waals surface area contributed by atoms with Gasteiger partial charge in [0, 0.05) is 24.7 Å². The molecule has 0 aromatic heterocycles. The number of benzene rings is 1. The van der Waals surface area contributed by atoms with Crippen LogP contribution in [-0.2, 0) is 0 Å². The highest BCUT2D eigenvalue weighted by molar-refractivity contribution is 5.74. The molecule has 0 radical (unpaired) electrons. The molecule has 1 aromatic rings.